The Kier molecular flexibility index (Phi) is 6.06. The van der Waals surface area contributed by atoms with E-state index in [1.54, 1.807) is 10.4 Å². The maximum Gasteiger partial charge on any atom is 0.0331 e. The number of thiophene rings is 1. The molecule has 114 valence electrons. The summed E-state index contributed by atoms with van der Waals surface area (Å²) in [6, 6.07) is 3.56. The molecule has 0 spiro atoms. The highest BCUT2D eigenvalue weighted by Gasteiger charge is 2.23. The minimum absolute atomic E-state index is 0.595. The standard InChI is InChI=1S/C17H30N2S/c1-13(2)5-6-14(3)18-9-11-19-10-7-17-16(15(19)4)8-12-20-17/h8,12-15,18H,5-7,9-11H2,1-4H3. The highest BCUT2D eigenvalue weighted by atomic mass is 32.1. The van der Waals surface area contributed by atoms with Crippen LogP contribution in [0.25, 0.3) is 0 Å². The van der Waals surface area contributed by atoms with Crippen molar-refractivity contribution in [1.82, 2.24) is 10.2 Å². The van der Waals surface area contributed by atoms with E-state index >= 15 is 0 Å². The topological polar surface area (TPSA) is 15.3 Å². The lowest BCUT2D eigenvalue weighted by atomic mass is 10.0. The van der Waals surface area contributed by atoms with Gasteiger partial charge < -0.3 is 5.32 Å². The molecule has 1 aliphatic heterocycles. The number of fused-ring (bicyclic) bond motifs is 1. The first-order valence-electron chi connectivity index (χ1n) is 8.11. The molecule has 2 unspecified atom stereocenters. The molecule has 0 radical (unpaired) electrons. The van der Waals surface area contributed by atoms with E-state index in [2.05, 4.69) is 49.4 Å². The number of hydrogen-bond donors (Lipinski definition) is 1. The number of rotatable bonds is 7. The second-order valence-corrected chi connectivity index (χ2v) is 7.59. The lowest BCUT2D eigenvalue weighted by Gasteiger charge is -2.34. The molecular weight excluding hydrogens is 264 g/mol. The molecule has 2 heterocycles. The van der Waals surface area contributed by atoms with Gasteiger partial charge >= 0.3 is 0 Å². The van der Waals surface area contributed by atoms with Crippen molar-refractivity contribution in [3.05, 3.63) is 21.9 Å². The Morgan fingerprint density at radius 2 is 2.15 bits per heavy atom. The van der Waals surface area contributed by atoms with Crippen molar-refractivity contribution in [3.63, 3.8) is 0 Å². The van der Waals surface area contributed by atoms with Crippen LogP contribution in [0.1, 0.15) is 57.0 Å². The third-order valence-corrected chi connectivity index (χ3v) is 5.47. The van der Waals surface area contributed by atoms with Crippen LogP contribution in [0, 0.1) is 5.92 Å². The van der Waals surface area contributed by atoms with Gasteiger partial charge in [0.1, 0.15) is 0 Å². The van der Waals surface area contributed by atoms with Crippen LogP contribution >= 0.6 is 11.3 Å². The molecule has 0 fully saturated rings. The summed E-state index contributed by atoms with van der Waals surface area (Å²) in [5.41, 5.74) is 1.56. The fourth-order valence-electron chi connectivity index (χ4n) is 3.01. The summed E-state index contributed by atoms with van der Waals surface area (Å²) in [7, 11) is 0. The van der Waals surface area contributed by atoms with Crippen molar-refractivity contribution in [2.45, 2.75) is 59.0 Å². The molecule has 0 bridgehead atoms. The highest BCUT2D eigenvalue weighted by molar-refractivity contribution is 7.10. The van der Waals surface area contributed by atoms with E-state index in [-0.39, 0.29) is 0 Å². The van der Waals surface area contributed by atoms with E-state index in [1.165, 1.54) is 32.4 Å². The summed E-state index contributed by atoms with van der Waals surface area (Å²) in [5.74, 6) is 0.818. The van der Waals surface area contributed by atoms with Gasteiger partial charge in [-0.1, -0.05) is 13.8 Å². The Balaban J connectivity index is 1.70. The van der Waals surface area contributed by atoms with E-state index in [0.717, 1.165) is 12.5 Å². The summed E-state index contributed by atoms with van der Waals surface area (Å²) in [6.07, 6.45) is 3.86. The van der Waals surface area contributed by atoms with Crippen molar-refractivity contribution in [1.29, 1.82) is 0 Å². The molecule has 0 saturated carbocycles. The SMILES string of the molecule is CC(C)CCC(C)NCCN1CCc2sccc2C1C. The quantitative estimate of drug-likeness (QED) is 0.815. The average Bonchev–Trinajstić information content (AvgIpc) is 2.88. The van der Waals surface area contributed by atoms with Crippen LogP contribution in [0.4, 0.5) is 0 Å². The van der Waals surface area contributed by atoms with Crippen molar-refractivity contribution in [2.24, 2.45) is 5.92 Å². The highest BCUT2D eigenvalue weighted by Crippen LogP contribution is 2.32. The summed E-state index contributed by atoms with van der Waals surface area (Å²) in [4.78, 5) is 4.23. The number of nitrogens with one attached hydrogen (secondary N) is 1. The van der Waals surface area contributed by atoms with E-state index in [0.29, 0.717) is 12.1 Å². The molecule has 1 aromatic heterocycles. The molecule has 3 heteroatoms. The summed E-state index contributed by atoms with van der Waals surface area (Å²) < 4.78 is 0. The van der Waals surface area contributed by atoms with Gasteiger partial charge in [0.2, 0.25) is 0 Å². The lowest BCUT2D eigenvalue weighted by Crippen LogP contribution is -2.40. The van der Waals surface area contributed by atoms with Gasteiger partial charge in [-0.05, 0) is 56.0 Å². The summed E-state index contributed by atoms with van der Waals surface area (Å²) in [5, 5.41) is 5.93. The lowest BCUT2D eigenvalue weighted by molar-refractivity contribution is 0.198. The average molecular weight is 295 g/mol. The molecule has 0 aliphatic carbocycles. The summed E-state index contributed by atoms with van der Waals surface area (Å²) in [6.45, 7) is 12.8. The van der Waals surface area contributed by atoms with Crippen molar-refractivity contribution < 1.29 is 0 Å². The van der Waals surface area contributed by atoms with Crippen molar-refractivity contribution >= 4 is 11.3 Å². The molecule has 1 N–H and O–H groups in total. The Hall–Kier alpha value is -0.380. The van der Waals surface area contributed by atoms with Gasteiger partial charge in [-0.25, -0.2) is 0 Å². The molecule has 2 rings (SSSR count). The van der Waals surface area contributed by atoms with E-state index in [4.69, 9.17) is 0 Å². The molecule has 0 amide bonds. The van der Waals surface area contributed by atoms with Gasteiger partial charge in [0.05, 0.1) is 0 Å². The Morgan fingerprint density at radius 1 is 1.35 bits per heavy atom. The minimum atomic E-state index is 0.595. The molecular formula is C17H30N2S. The third kappa shape index (κ3) is 4.31. The third-order valence-electron chi connectivity index (χ3n) is 4.47. The largest absolute Gasteiger partial charge is 0.313 e. The normalized spacial score (nSPS) is 21.1. The first-order chi connectivity index (χ1) is 9.58. The Labute approximate surface area is 128 Å². The van der Waals surface area contributed by atoms with Gasteiger partial charge in [0, 0.05) is 36.6 Å². The van der Waals surface area contributed by atoms with E-state index < -0.39 is 0 Å². The van der Waals surface area contributed by atoms with Gasteiger partial charge in [-0.15, -0.1) is 11.3 Å². The van der Waals surface area contributed by atoms with Crippen molar-refractivity contribution in [3.8, 4) is 0 Å². The molecule has 20 heavy (non-hydrogen) atoms. The zero-order valence-corrected chi connectivity index (χ0v) is 14.3. The van der Waals surface area contributed by atoms with E-state index in [1.807, 2.05) is 11.3 Å². The summed E-state index contributed by atoms with van der Waals surface area (Å²) >= 11 is 1.93. The van der Waals surface area contributed by atoms with Gasteiger partial charge in [0.15, 0.2) is 0 Å². The first kappa shape index (κ1) is 16.0. The van der Waals surface area contributed by atoms with Gasteiger partial charge in [-0.3, -0.25) is 4.90 Å². The fourth-order valence-corrected chi connectivity index (χ4v) is 3.97. The van der Waals surface area contributed by atoms with Crippen LogP contribution < -0.4 is 5.32 Å². The van der Waals surface area contributed by atoms with Gasteiger partial charge in [-0.2, -0.15) is 0 Å². The molecule has 0 saturated heterocycles. The maximum atomic E-state index is 3.68. The molecule has 2 atom stereocenters. The van der Waals surface area contributed by atoms with Crippen LogP contribution in [0.2, 0.25) is 0 Å². The maximum absolute atomic E-state index is 3.68. The predicted octanol–water partition coefficient (Wildman–Crippen LogP) is 4.08. The molecule has 2 nitrogen and oxygen atoms in total. The molecule has 0 aromatic carbocycles. The zero-order valence-electron chi connectivity index (χ0n) is 13.5. The zero-order chi connectivity index (χ0) is 14.5. The van der Waals surface area contributed by atoms with Crippen molar-refractivity contribution in [2.75, 3.05) is 19.6 Å². The van der Waals surface area contributed by atoms with Crippen LogP contribution in [0.15, 0.2) is 11.4 Å². The smallest absolute Gasteiger partial charge is 0.0331 e. The Bertz CT molecular complexity index is 399. The van der Waals surface area contributed by atoms with Crippen LogP contribution in [-0.4, -0.2) is 30.6 Å². The number of hydrogen-bond acceptors (Lipinski definition) is 3. The Morgan fingerprint density at radius 3 is 2.90 bits per heavy atom. The second-order valence-electron chi connectivity index (χ2n) is 6.59. The molecule has 1 aliphatic rings. The van der Waals surface area contributed by atoms with Crippen LogP contribution in [0.5, 0.6) is 0 Å². The van der Waals surface area contributed by atoms with Crippen LogP contribution in [-0.2, 0) is 6.42 Å². The minimum Gasteiger partial charge on any atom is -0.313 e. The monoisotopic (exact) mass is 294 g/mol. The van der Waals surface area contributed by atoms with E-state index in [9.17, 15) is 0 Å². The van der Waals surface area contributed by atoms with Crippen LogP contribution in [0.3, 0.4) is 0 Å². The van der Waals surface area contributed by atoms with Gasteiger partial charge in [0.25, 0.3) is 0 Å². The fraction of sp³-hybridized carbons (Fsp3) is 0.765. The second kappa shape index (κ2) is 7.58. The first-order valence-corrected chi connectivity index (χ1v) is 8.99. The number of nitrogens with zero attached hydrogens (tertiary/aromatic N) is 1. The predicted molar refractivity (Wildman–Crippen MR) is 89.5 cm³/mol. The molecule has 1 aromatic rings.